The maximum Gasteiger partial charge on any atom is 0.326 e. The maximum absolute atomic E-state index is 12.7. The third-order valence-corrected chi connectivity index (χ3v) is 5.85. The van der Waals surface area contributed by atoms with Gasteiger partial charge in [-0.2, -0.15) is 0 Å². The number of hydrogen-bond acceptors (Lipinski definition) is 6. The summed E-state index contributed by atoms with van der Waals surface area (Å²) in [5.74, 6) is -4.66. The Labute approximate surface area is 200 Å². The fraction of sp³-hybridized carbons (Fsp3) is 0.435. The minimum atomic E-state index is -1.39. The van der Waals surface area contributed by atoms with E-state index in [1.807, 2.05) is 24.3 Å². The van der Waals surface area contributed by atoms with Crippen LogP contribution in [0.2, 0.25) is 0 Å². The molecule has 2 heterocycles. The van der Waals surface area contributed by atoms with E-state index in [2.05, 4.69) is 26.3 Å². The number of carboxylic acid groups (broad SMARTS) is 2. The molecule has 1 aliphatic rings. The molecule has 12 heteroatoms. The lowest BCUT2D eigenvalue weighted by Crippen LogP contribution is -2.56. The Kier molecular flexibility index (Phi) is 8.42. The summed E-state index contributed by atoms with van der Waals surface area (Å²) in [6.45, 7) is 1.99. The summed E-state index contributed by atoms with van der Waals surface area (Å²) in [6, 6.07) is 3.01. The van der Waals surface area contributed by atoms with Crippen LogP contribution in [0, 0.1) is 0 Å². The second-order valence-electron chi connectivity index (χ2n) is 8.50. The molecule has 0 aliphatic carbocycles. The van der Waals surface area contributed by atoms with Crippen LogP contribution < -0.4 is 21.3 Å². The molecule has 3 amide bonds. The molecule has 35 heavy (non-hydrogen) atoms. The van der Waals surface area contributed by atoms with Crippen LogP contribution in [0.1, 0.15) is 31.7 Å². The number of para-hydroxylation sites is 1. The van der Waals surface area contributed by atoms with Crippen LogP contribution in [0.15, 0.2) is 30.5 Å². The number of aromatic amines is 1. The van der Waals surface area contributed by atoms with E-state index in [4.69, 9.17) is 5.11 Å². The van der Waals surface area contributed by atoms with Crippen molar-refractivity contribution in [3.63, 3.8) is 0 Å². The van der Waals surface area contributed by atoms with Gasteiger partial charge in [0.2, 0.25) is 17.7 Å². The SMILES string of the molecule is CC(NC(=O)C(CC(=O)O)NC(=O)C1CCCN1)C(=O)NC(Cc1c[nH]c2ccccc12)C(=O)O. The summed E-state index contributed by atoms with van der Waals surface area (Å²) in [4.78, 5) is 63.7. The number of aromatic nitrogens is 1. The number of nitrogens with one attached hydrogen (secondary N) is 5. The van der Waals surface area contributed by atoms with E-state index in [9.17, 15) is 29.1 Å². The monoisotopic (exact) mass is 487 g/mol. The quantitative estimate of drug-likeness (QED) is 0.221. The average Bonchev–Trinajstić information content (AvgIpc) is 3.48. The van der Waals surface area contributed by atoms with E-state index in [0.29, 0.717) is 18.5 Å². The number of amides is 3. The molecule has 4 unspecified atom stereocenters. The van der Waals surface area contributed by atoms with Crippen molar-refractivity contribution in [1.82, 2.24) is 26.3 Å². The highest BCUT2D eigenvalue weighted by atomic mass is 16.4. The number of benzene rings is 1. The lowest BCUT2D eigenvalue weighted by Gasteiger charge is -2.22. The molecule has 188 valence electrons. The second kappa shape index (κ2) is 11.5. The molecule has 1 aliphatic heterocycles. The molecule has 0 spiro atoms. The van der Waals surface area contributed by atoms with Crippen LogP contribution in [0.5, 0.6) is 0 Å². The van der Waals surface area contributed by atoms with E-state index in [0.717, 1.165) is 17.3 Å². The molecule has 2 aromatic rings. The van der Waals surface area contributed by atoms with E-state index in [1.54, 1.807) is 6.20 Å². The van der Waals surface area contributed by atoms with Gasteiger partial charge in [-0.1, -0.05) is 18.2 Å². The lowest BCUT2D eigenvalue weighted by molar-refractivity contribution is -0.143. The van der Waals surface area contributed by atoms with Crippen molar-refractivity contribution in [1.29, 1.82) is 0 Å². The fourth-order valence-electron chi connectivity index (χ4n) is 3.96. The van der Waals surface area contributed by atoms with E-state index in [-0.39, 0.29) is 6.42 Å². The third kappa shape index (κ3) is 6.79. The van der Waals surface area contributed by atoms with Crippen LogP contribution >= 0.6 is 0 Å². The Balaban J connectivity index is 1.61. The minimum absolute atomic E-state index is 0.0117. The van der Waals surface area contributed by atoms with Crippen molar-refractivity contribution in [3.8, 4) is 0 Å². The zero-order valence-electron chi connectivity index (χ0n) is 19.2. The average molecular weight is 488 g/mol. The number of carboxylic acids is 2. The molecule has 0 radical (unpaired) electrons. The Morgan fingerprint density at radius 2 is 1.77 bits per heavy atom. The van der Waals surface area contributed by atoms with E-state index < -0.39 is 60.2 Å². The van der Waals surface area contributed by atoms with Gasteiger partial charge in [-0.15, -0.1) is 0 Å². The van der Waals surface area contributed by atoms with E-state index in [1.165, 1.54) is 6.92 Å². The smallest absolute Gasteiger partial charge is 0.326 e. The highest BCUT2D eigenvalue weighted by molar-refractivity contribution is 5.95. The first-order valence-corrected chi connectivity index (χ1v) is 11.3. The zero-order chi connectivity index (χ0) is 25.5. The van der Waals surface area contributed by atoms with Gasteiger partial charge < -0.3 is 36.5 Å². The Bertz CT molecular complexity index is 1110. The molecule has 1 aromatic heterocycles. The number of hydrogen-bond donors (Lipinski definition) is 7. The predicted molar refractivity (Wildman–Crippen MR) is 124 cm³/mol. The van der Waals surface area contributed by atoms with Gasteiger partial charge in [-0.05, 0) is 37.9 Å². The van der Waals surface area contributed by atoms with Gasteiger partial charge in [0.15, 0.2) is 0 Å². The van der Waals surface area contributed by atoms with Crippen LogP contribution in [0.25, 0.3) is 10.9 Å². The molecule has 0 saturated carbocycles. The molecule has 3 rings (SSSR count). The van der Waals surface area contributed by atoms with Gasteiger partial charge in [0.25, 0.3) is 0 Å². The number of carbonyl (C=O) groups is 5. The lowest BCUT2D eigenvalue weighted by atomic mass is 10.0. The minimum Gasteiger partial charge on any atom is -0.481 e. The van der Waals surface area contributed by atoms with Gasteiger partial charge in [-0.25, -0.2) is 4.79 Å². The maximum atomic E-state index is 12.7. The molecule has 12 nitrogen and oxygen atoms in total. The highest BCUT2D eigenvalue weighted by Gasteiger charge is 2.31. The normalized spacial score (nSPS) is 17.8. The van der Waals surface area contributed by atoms with Crippen LogP contribution in [0.3, 0.4) is 0 Å². The molecule has 1 fully saturated rings. The van der Waals surface area contributed by atoms with Crippen molar-refractivity contribution >= 4 is 40.6 Å². The number of carbonyl (C=O) groups excluding carboxylic acids is 3. The van der Waals surface area contributed by atoms with Crippen molar-refractivity contribution in [2.45, 2.75) is 56.8 Å². The summed E-state index contributed by atoms with van der Waals surface area (Å²) in [7, 11) is 0. The van der Waals surface area contributed by atoms with Crippen molar-refractivity contribution in [3.05, 3.63) is 36.0 Å². The van der Waals surface area contributed by atoms with Crippen molar-refractivity contribution in [2.75, 3.05) is 6.54 Å². The molecular formula is C23H29N5O7. The molecule has 0 bridgehead atoms. The standard InChI is InChI=1S/C23H29N5O7/c1-12(26-22(33)17(10-19(29)30)27-21(32)16-7-4-8-24-16)20(31)28-18(23(34)35)9-13-11-25-15-6-3-2-5-14(13)15/h2-3,5-6,11-12,16-18,24-25H,4,7-10H2,1H3,(H,26,33)(H,27,32)(H,28,31)(H,29,30)(H,34,35). The Morgan fingerprint density at radius 3 is 2.43 bits per heavy atom. The summed E-state index contributed by atoms with van der Waals surface area (Å²) in [5.41, 5.74) is 1.53. The largest absolute Gasteiger partial charge is 0.481 e. The zero-order valence-corrected chi connectivity index (χ0v) is 19.2. The highest BCUT2D eigenvalue weighted by Crippen LogP contribution is 2.19. The van der Waals surface area contributed by atoms with Gasteiger partial charge >= 0.3 is 11.9 Å². The Morgan fingerprint density at radius 1 is 1.03 bits per heavy atom. The second-order valence-corrected chi connectivity index (χ2v) is 8.50. The summed E-state index contributed by atoms with van der Waals surface area (Å²) >= 11 is 0. The number of H-pyrrole nitrogens is 1. The van der Waals surface area contributed by atoms with Crippen LogP contribution in [-0.4, -0.2) is 75.6 Å². The molecular weight excluding hydrogens is 458 g/mol. The van der Waals surface area contributed by atoms with Gasteiger partial charge in [-0.3, -0.25) is 19.2 Å². The van der Waals surface area contributed by atoms with Gasteiger partial charge in [0.1, 0.15) is 18.1 Å². The number of aliphatic carboxylic acids is 2. The van der Waals surface area contributed by atoms with Crippen molar-refractivity contribution in [2.24, 2.45) is 0 Å². The first kappa shape index (κ1) is 25.7. The molecule has 1 saturated heterocycles. The van der Waals surface area contributed by atoms with E-state index >= 15 is 0 Å². The van der Waals surface area contributed by atoms with Crippen LogP contribution in [-0.2, 0) is 30.4 Å². The van der Waals surface area contributed by atoms with Gasteiger partial charge in [0, 0.05) is 23.5 Å². The predicted octanol–water partition coefficient (Wildman–Crippen LogP) is -0.504. The van der Waals surface area contributed by atoms with Gasteiger partial charge in [0.05, 0.1) is 12.5 Å². The number of fused-ring (bicyclic) bond motifs is 1. The topological polar surface area (TPSA) is 190 Å². The summed E-state index contributed by atoms with van der Waals surface area (Å²) in [5, 5.41) is 29.7. The van der Waals surface area contributed by atoms with Crippen molar-refractivity contribution < 1.29 is 34.2 Å². The third-order valence-electron chi connectivity index (χ3n) is 5.85. The number of rotatable bonds is 11. The first-order valence-electron chi connectivity index (χ1n) is 11.3. The molecule has 4 atom stereocenters. The summed E-state index contributed by atoms with van der Waals surface area (Å²) in [6.07, 6.45) is 2.37. The fourth-order valence-corrected chi connectivity index (χ4v) is 3.96. The first-order chi connectivity index (χ1) is 16.7. The molecule has 7 N–H and O–H groups in total. The van der Waals surface area contributed by atoms with Crippen LogP contribution in [0.4, 0.5) is 0 Å². The Hall–Kier alpha value is -3.93. The molecule has 1 aromatic carbocycles. The summed E-state index contributed by atoms with van der Waals surface area (Å²) < 4.78 is 0.